The number of nitrogens with zero attached hydrogens (tertiary/aromatic N) is 1. The summed E-state index contributed by atoms with van der Waals surface area (Å²) >= 11 is 0. The highest BCUT2D eigenvalue weighted by Crippen LogP contribution is 2.63. The van der Waals surface area contributed by atoms with Crippen LogP contribution in [0.15, 0.2) is 18.2 Å². The van der Waals surface area contributed by atoms with Gasteiger partial charge in [0.1, 0.15) is 5.25 Å². The summed E-state index contributed by atoms with van der Waals surface area (Å²) in [6, 6.07) is 6.43. The van der Waals surface area contributed by atoms with E-state index in [4.69, 9.17) is 9.47 Å². The van der Waals surface area contributed by atoms with Crippen molar-refractivity contribution in [3.05, 3.63) is 23.8 Å². The van der Waals surface area contributed by atoms with E-state index < -0.39 is 32.4 Å². The standard InChI is InChI=1S/C14H13NO6S/c1-2-22(18,19)12-11(14(12,6-15)13(16)17)8-3-4-9-10(5-8)21-7-20-9/h3-5,11-12H,2,7H2,1H3,(H,16,17)/t11-,12+,14-/m1/s1. The highest BCUT2D eigenvalue weighted by Gasteiger charge is 2.76. The van der Waals surface area contributed by atoms with Crippen molar-refractivity contribution in [2.24, 2.45) is 5.41 Å². The molecule has 1 aromatic rings. The summed E-state index contributed by atoms with van der Waals surface area (Å²) in [5.74, 6) is -1.60. The van der Waals surface area contributed by atoms with Crippen LogP contribution in [0.1, 0.15) is 18.4 Å². The van der Waals surface area contributed by atoms with E-state index >= 15 is 0 Å². The average molecular weight is 323 g/mol. The highest BCUT2D eigenvalue weighted by molar-refractivity contribution is 7.92. The number of aliphatic carboxylic acids is 1. The zero-order valence-corrected chi connectivity index (χ0v) is 12.5. The molecule has 1 heterocycles. The average Bonchev–Trinajstić information content (AvgIpc) is 3.00. The van der Waals surface area contributed by atoms with E-state index in [0.29, 0.717) is 17.1 Å². The van der Waals surface area contributed by atoms with Crippen molar-refractivity contribution in [3.8, 4) is 17.6 Å². The van der Waals surface area contributed by atoms with Gasteiger partial charge in [-0.25, -0.2) is 8.42 Å². The summed E-state index contributed by atoms with van der Waals surface area (Å²) in [4.78, 5) is 11.6. The first-order valence-electron chi connectivity index (χ1n) is 6.64. The van der Waals surface area contributed by atoms with E-state index in [-0.39, 0.29) is 12.5 Å². The molecular weight excluding hydrogens is 310 g/mol. The number of carboxylic acids is 1. The van der Waals surface area contributed by atoms with Gasteiger partial charge < -0.3 is 14.6 Å². The van der Waals surface area contributed by atoms with Crippen LogP contribution in [0.4, 0.5) is 0 Å². The third-order valence-electron chi connectivity index (χ3n) is 4.22. The predicted molar refractivity (Wildman–Crippen MR) is 74.2 cm³/mol. The molecule has 0 radical (unpaired) electrons. The fourth-order valence-corrected chi connectivity index (χ4v) is 4.94. The molecule has 8 heteroatoms. The molecule has 1 N–H and O–H groups in total. The Morgan fingerprint density at radius 2 is 2.14 bits per heavy atom. The molecule has 3 rings (SSSR count). The third kappa shape index (κ3) is 1.78. The Kier molecular flexibility index (Phi) is 3.07. The first-order chi connectivity index (χ1) is 10.4. The van der Waals surface area contributed by atoms with Crippen LogP contribution in [0.3, 0.4) is 0 Å². The molecule has 0 saturated heterocycles. The van der Waals surface area contributed by atoms with Crippen LogP contribution in [0.2, 0.25) is 0 Å². The molecule has 2 aliphatic rings. The fraction of sp³-hybridized carbons (Fsp3) is 0.429. The van der Waals surface area contributed by atoms with Crippen molar-refractivity contribution in [1.82, 2.24) is 0 Å². The van der Waals surface area contributed by atoms with Crippen LogP contribution >= 0.6 is 0 Å². The Morgan fingerprint density at radius 1 is 1.45 bits per heavy atom. The zero-order chi connectivity index (χ0) is 16.1. The van der Waals surface area contributed by atoms with Gasteiger partial charge in [-0.3, -0.25) is 4.79 Å². The van der Waals surface area contributed by atoms with E-state index in [1.54, 1.807) is 24.3 Å². The number of carboxylic acid groups (broad SMARTS) is 1. The molecule has 22 heavy (non-hydrogen) atoms. The van der Waals surface area contributed by atoms with Crippen molar-refractivity contribution in [2.75, 3.05) is 12.5 Å². The molecule has 0 spiro atoms. The first-order valence-corrected chi connectivity index (χ1v) is 8.35. The molecule has 1 aliphatic carbocycles. The van der Waals surface area contributed by atoms with Gasteiger partial charge in [0.05, 0.1) is 6.07 Å². The number of fused-ring (bicyclic) bond motifs is 1. The Bertz CT molecular complexity index is 796. The highest BCUT2D eigenvalue weighted by atomic mass is 32.2. The van der Waals surface area contributed by atoms with Gasteiger partial charge in [-0.2, -0.15) is 5.26 Å². The summed E-state index contributed by atoms with van der Waals surface area (Å²) in [6.45, 7) is 1.50. The molecule has 1 saturated carbocycles. The lowest BCUT2D eigenvalue weighted by atomic mass is 10.0. The Labute approximate surface area is 127 Å². The largest absolute Gasteiger partial charge is 0.480 e. The van der Waals surface area contributed by atoms with Crippen LogP contribution in [0, 0.1) is 16.7 Å². The lowest BCUT2D eigenvalue weighted by molar-refractivity contribution is -0.141. The lowest BCUT2D eigenvalue weighted by Gasteiger charge is -2.03. The van der Waals surface area contributed by atoms with Crippen molar-refractivity contribution in [1.29, 1.82) is 5.26 Å². The minimum Gasteiger partial charge on any atom is -0.480 e. The Morgan fingerprint density at radius 3 is 2.73 bits per heavy atom. The normalized spacial score (nSPS) is 28.9. The summed E-state index contributed by atoms with van der Waals surface area (Å²) in [5, 5.41) is 17.5. The fourth-order valence-electron chi connectivity index (χ4n) is 3.01. The number of benzene rings is 1. The van der Waals surface area contributed by atoms with Crippen LogP contribution in [-0.2, 0) is 14.6 Å². The van der Waals surface area contributed by atoms with Gasteiger partial charge in [0.25, 0.3) is 0 Å². The minimum atomic E-state index is -3.68. The second-order valence-corrected chi connectivity index (χ2v) is 7.66. The van der Waals surface area contributed by atoms with Gasteiger partial charge in [0, 0.05) is 11.7 Å². The number of sulfone groups is 1. The van der Waals surface area contributed by atoms with E-state index in [1.807, 2.05) is 0 Å². The molecule has 1 fully saturated rings. The molecule has 7 nitrogen and oxygen atoms in total. The number of ether oxygens (including phenoxy) is 2. The molecule has 3 atom stereocenters. The Balaban J connectivity index is 2.09. The van der Waals surface area contributed by atoms with Crippen LogP contribution in [-0.4, -0.2) is 37.3 Å². The summed E-state index contributed by atoms with van der Waals surface area (Å²) in [7, 11) is -3.68. The quantitative estimate of drug-likeness (QED) is 0.876. The zero-order valence-electron chi connectivity index (χ0n) is 11.6. The maximum absolute atomic E-state index is 12.2. The number of rotatable bonds is 4. The van der Waals surface area contributed by atoms with E-state index in [9.17, 15) is 23.6 Å². The van der Waals surface area contributed by atoms with Gasteiger partial charge >= 0.3 is 5.97 Å². The Hall–Kier alpha value is -2.27. The van der Waals surface area contributed by atoms with Crippen LogP contribution < -0.4 is 9.47 Å². The minimum absolute atomic E-state index is 0.0580. The molecule has 1 aromatic carbocycles. The number of hydrogen-bond donors (Lipinski definition) is 1. The first kappa shape index (κ1) is 14.7. The second kappa shape index (κ2) is 4.61. The topological polar surface area (TPSA) is 114 Å². The van der Waals surface area contributed by atoms with E-state index in [2.05, 4.69) is 0 Å². The number of carbonyl (C=O) groups is 1. The maximum atomic E-state index is 12.2. The van der Waals surface area contributed by atoms with Gasteiger partial charge in [-0.05, 0) is 17.7 Å². The van der Waals surface area contributed by atoms with Crippen molar-refractivity contribution >= 4 is 15.8 Å². The molecule has 0 unspecified atom stereocenters. The van der Waals surface area contributed by atoms with Crippen molar-refractivity contribution in [2.45, 2.75) is 18.1 Å². The number of hydrogen-bond acceptors (Lipinski definition) is 6. The van der Waals surface area contributed by atoms with Gasteiger partial charge in [0.2, 0.25) is 6.79 Å². The predicted octanol–water partition coefficient (Wildman–Crippen LogP) is 0.910. The molecule has 116 valence electrons. The molecule has 0 bridgehead atoms. The molecule has 0 aromatic heterocycles. The second-order valence-electron chi connectivity index (χ2n) is 5.25. The summed E-state index contributed by atoms with van der Waals surface area (Å²) in [5.41, 5.74) is -1.49. The summed E-state index contributed by atoms with van der Waals surface area (Å²) < 4.78 is 34.8. The van der Waals surface area contributed by atoms with Crippen LogP contribution in [0.5, 0.6) is 11.5 Å². The monoisotopic (exact) mass is 323 g/mol. The van der Waals surface area contributed by atoms with Crippen LogP contribution in [0.25, 0.3) is 0 Å². The van der Waals surface area contributed by atoms with Gasteiger partial charge in [-0.1, -0.05) is 13.0 Å². The molecule has 1 aliphatic heterocycles. The molecule has 0 amide bonds. The smallest absolute Gasteiger partial charge is 0.326 e. The third-order valence-corrected chi connectivity index (χ3v) is 6.44. The van der Waals surface area contributed by atoms with Gasteiger partial charge in [0.15, 0.2) is 26.8 Å². The molecular formula is C14H13NO6S. The summed E-state index contributed by atoms with van der Waals surface area (Å²) in [6.07, 6.45) is 0. The van der Waals surface area contributed by atoms with Crippen molar-refractivity contribution in [3.63, 3.8) is 0 Å². The SMILES string of the molecule is CCS(=O)(=O)[C@H]1[C@@H](c2ccc3c(c2)OCO3)[C@@]1(C#N)C(=O)O. The lowest BCUT2D eigenvalue weighted by Crippen LogP contribution is -2.23. The number of nitriles is 1. The van der Waals surface area contributed by atoms with E-state index in [0.717, 1.165) is 0 Å². The van der Waals surface area contributed by atoms with E-state index in [1.165, 1.54) is 6.92 Å². The maximum Gasteiger partial charge on any atom is 0.326 e. The van der Waals surface area contributed by atoms with Crippen molar-refractivity contribution < 1.29 is 27.8 Å². The van der Waals surface area contributed by atoms with Gasteiger partial charge in [-0.15, -0.1) is 0 Å².